The van der Waals surface area contributed by atoms with E-state index in [1.165, 1.54) is 0 Å². The van der Waals surface area contributed by atoms with Crippen LogP contribution in [0.25, 0.3) is 11.3 Å². The molecule has 4 heteroatoms. The molecule has 2 aromatic rings. The summed E-state index contributed by atoms with van der Waals surface area (Å²) in [6.45, 7) is 0. The Morgan fingerprint density at radius 3 is 2.53 bits per heavy atom. The Bertz CT molecular complexity index is 504. The van der Waals surface area contributed by atoms with Gasteiger partial charge in [-0.25, -0.2) is 4.98 Å². The minimum Gasteiger partial charge on any atom is -0.497 e. The van der Waals surface area contributed by atoms with Crippen LogP contribution in [0, 0.1) is 4.77 Å². The molecule has 0 atom stereocenters. The van der Waals surface area contributed by atoms with Crippen molar-refractivity contribution in [3.63, 3.8) is 0 Å². The van der Waals surface area contributed by atoms with Gasteiger partial charge in [0.1, 0.15) is 5.75 Å². The molecule has 0 aliphatic heterocycles. The third-order valence-electron chi connectivity index (χ3n) is 2.08. The predicted molar refractivity (Wildman–Crippen MR) is 61.4 cm³/mol. The average Bonchev–Trinajstić information content (AvgIpc) is 2.29. The minimum absolute atomic E-state index is 0.489. The van der Waals surface area contributed by atoms with Gasteiger partial charge in [0.2, 0.25) is 0 Å². The van der Waals surface area contributed by atoms with Gasteiger partial charge < -0.3 is 9.72 Å². The zero-order valence-corrected chi connectivity index (χ0v) is 9.04. The Labute approximate surface area is 92.8 Å². The lowest BCUT2D eigenvalue weighted by Gasteiger charge is -2.03. The van der Waals surface area contributed by atoms with Crippen molar-refractivity contribution in [2.75, 3.05) is 7.11 Å². The molecule has 0 unspecified atom stereocenters. The smallest absolute Gasteiger partial charge is 0.197 e. The third-order valence-corrected chi connectivity index (χ3v) is 2.28. The second-order valence-corrected chi connectivity index (χ2v) is 3.40. The fraction of sp³-hybridized carbons (Fsp3) is 0.0909. The molecule has 1 aromatic carbocycles. The van der Waals surface area contributed by atoms with Crippen molar-refractivity contribution in [2.45, 2.75) is 0 Å². The van der Waals surface area contributed by atoms with Crippen LogP contribution in [0.1, 0.15) is 0 Å². The van der Waals surface area contributed by atoms with Crippen molar-refractivity contribution in [3.8, 4) is 17.0 Å². The number of rotatable bonds is 2. The monoisotopic (exact) mass is 218 g/mol. The highest BCUT2D eigenvalue weighted by Crippen LogP contribution is 2.19. The lowest BCUT2D eigenvalue weighted by Crippen LogP contribution is -1.87. The first-order valence-electron chi connectivity index (χ1n) is 4.49. The Balaban J connectivity index is 2.41. The molecular weight excluding hydrogens is 208 g/mol. The summed E-state index contributed by atoms with van der Waals surface area (Å²) in [4.78, 5) is 6.96. The fourth-order valence-electron chi connectivity index (χ4n) is 1.31. The van der Waals surface area contributed by atoms with Crippen molar-refractivity contribution in [1.82, 2.24) is 9.97 Å². The van der Waals surface area contributed by atoms with Gasteiger partial charge in [-0.2, -0.15) is 0 Å². The molecule has 1 N–H and O–H groups in total. The third kappa shape index (κ3) is 2.22. The molecule has 0 bridgehead atoms. The Kier molecular flexibility index (Phi) is 2.78. The summed E-state index contributed by atoms with van der Waals surface area (Å²) in [6.07, 6.45) is 1.69. The number of aromatic nitrogens is 2. The molecule has 3 nitrogen and oxygen atoms in total. The van der Waals surface area contributed by atoms with Crippen LogP contribution in [0.3, 0.4) is 0 Å². The van der Waals surface area contributed by atoms with Crippen molar-refractivity contribution in [3.05, 3.63) is 41.3 Å². The van der Waals surface area contributed by atoms with Crippen LogP contribution >= 0.6 is 12.2 Å². The predicted octanol–water partition coefficient (Wildman–Crippen LogP) is 2.81. The molecule has 0 aliphatic rings. The summed E-state index contributed by atoms with van der Waals surface area (Å²) in [7, 11) is 1.65. The van der Waals surface area contributed by atoms with Crippen molar-refractivity contribution in [1.29, 1.82) is 0 Å². The number of nitrogens with zero attached hydrogens (tertiary/aromatic N) is 1. The van der Waals surface area contributed by atoms with Gasteiger partial charge in [-0.05, 0) is 48.1 Å². The number of H-pyrrole nitrogens is 1. The molecular formula is C11H10N2OS. The van der Waals surface area contributed by atoms with E-state index in [0.717, 1.165) is 17.0 Å². The van der Waals surface area contributed by atoms with E-state index in [9.17, 15) is 0 Å². The van der Waals surface area contributed by atoms with Gasteiger partial charge in [-0.3, -0.25) is 0 Å². The zero-order chi connectivity index (χ0) is 10.7. The van der Waals surface area contributed by atoms with Crippen molar-refractivity contribution in [2.24, 2.45) is 0 Å². The maximum absolute atomic E-state index is 5.09. The molecule has 0 saturated carbocycles. The number of aromatic amines is 1. The van der Waals surface area contributed by atoms with Gasteiger partial charge in [0, 0.05) is 11.9 Å². The number of hydrogen-bond donors (Lipinski definition) is 1. The zero-order valence-electron chi connectivity index (χ0n) is 8.23. The number of hydrogen-bond acceptors (Lipinski definition) is 3. The summed E-state index contributed by atoms with van der Waals surface area (Å²) in [5, 5.41) is 0. The molecule has 0 saturated heterocycles. The molecule has 0 spiro atoms. The number of methoxy groups -OCH3 is 1. The highest BCUT2D eigenvalue weighted by atomic mass is 32.1. The van der Waals surface area contributed by atoms with E-state index < -0.39 is 0 Å². The summed E-state index contributed by atoms with van der Waals surface area (Å²) in [5.41, 5.74) is 2.02. The topological polar surface area (TPSA) is 37.9 Å². The first kappa shape index (κ1) is 9.86. The lowest BCUT2D eigenvalue weighted by atomic mass is 10.1. The van der Waals surface area contributed by atoms with Gasteiger partial charge in [-0.1, -0.05) is 0 Å². The van der Waals surface area contributed by atoms with Gasteiger partial charge in [-0.15, -0.1) is 0 Å². The standard InChI is InChI=1S/C11H10N2OS/c1-14-9-4-2-8(3-5-9)10-6-7-12-11(15)13-10/h2-7H,1H3,(H,12,13,15). The summed E-state index contributed by atoms with van der Waals surface area (Å²) >= 11 is 4.96. The Morgan fingerprint density at radius 1 is 1.20 bits per heavy atom. The number of ether oxygens (including phenoxy) is 1. The molecule has 1 heterocycles. The molecule has 76 valence electrons. The first-order chi connectivity index (χ1) is 7.29. The van der Waals surface area contributed by atoms with E-state index in [2.05, 4.69) is 9.97 Å². The second kappa shape index (κ2) is 4.23. The van der Waals surface area contributed by atoms with Crippen LogP contribution in [-0.2, 0) is 0 Å². The van der Waals surface area contributed by atoms with E-state index in [1.807, 2.05) is 30.3 Å². The lowest BCUT2D eigenvalue weighted by molar-refractivity contribution is 0.415. The van der Waals surface area contributed by atoms with Crippen molar-refractivity contribution < 1.29 is 4.74 Å². The van der Waals surface area contributed by atoms with Crippen LogP contribution in [0.4, 0.5) is 0 Å². The molecule has 1 aromatic heterocycles. The van der Waals surface area contributed by atoms with Gasteiger partial charge in [0.25, 0.3) is 0 Å². The van der Waals surface area contributed by atoms with E-state index in [4.69, 9.17) is 17.0 Å². The Morgan fingerprint density at radius 2 is 1.93 bits per heavy atom. The SMILES string of the molecule is COc1ccc(-c2ccnc(=S)[nH]2)cc1. The van der Waals surface area contributed by atoms with Crippen LogP contribution in [0.5, 0.6) is 5.75 Å². The molecule has 2 rings (SSSR count). The quantitative estimate of drug-likeness (QED) is 0.788. The Hall–Kier alpha value is -1.68. The fourth-order valence-corrected chi connectivity index (χ4v) is 1.48. The molecule has 0 aliphatic carbocycles. The summed E-state index contributed by atoms with van der Waals surface area (Å²) in [5.74, 6) is 0.839. The molecule has 0 amide bonds. The summed E-state index contributed by atoms with van der Waals surface area (Å²) < 4.78 is 5.57. The van der Waals surface area contributed by atoms with E-state index in [0.29, 0.717) is 4.77 Å². The molecule has 0 fully saturated rings. The molecule has 0 radical (unpaired) electrons. The highest BCUT2D eigenvalue weighted by Gasteiger charge is 1.97. The highest BCUT2D eigenvalue weighted by molar-refractivity contribution is 7.71. The van der Waals surface area contributed by atoms with E-state index >= 15 is 0 Å². The van der Waals surface area contributed by atoms with Gasteiger partial charge >= 0.3 is 0 Å². The number of benzene rings is 1. The van der Waals surface area contributed by atoms with Gasteiger partial charge in [0.05, 0.1) is 7.11 Å². The van der Waals surface area contributed by atoms with Crippen LogP contribution in [-0.4, -0.2) is 17.1 Å². The second-order valence-electron chi connectivity index (χ2n) is 3.02. The van der Waals surface area contributed by atoms with Crippen molar-refractivity contribution >= 4 is 12.2 Å². The van der Waals surface area contributed by atoms with Gasteiger partial charge in [0.15, 0.2) is 4.77 Å². The maximum atomic E-state index is 5.09. The van der Waals surface area contributed by atoms with Crippen LogP contribution in [0.15, 0.2) is 36.5 Å². The van der Waals surface area contributed by atoms with Crippen LogP contribution in [0.2, 0.25) is 0 Å². The first-order valence-corrected chi connectivity index (χ1v) is 4.90. The summed E-state index contributed by atoms with van der Waals surface area (Å²) in [6, 6.07) is 9.65. The number of nitrogens with one attached hydrogen (secondary N) is 1. The van der Waals surface area contributed by atoms with E-state index in [-0.39, 0.29) is 0 Å². The van der Waals surface area contributed by atoms with Crippen LogP contribution < -0.4 is 4.74 Å². The van der Waals surface area contributed by atoms with E-state index in [1.54, 1.807) is 13.3 Å². The maximum Gasteiger partial charge on any atom is 0.197 e. The minimum atomic E-state index is 0.489. The average molecular weight is 218 g/mol. The normalized spacial score (nSPS) is 9.93. The molecule has 15 heavy (non-hydrogen) atoms. The largest absolute Gasteiger partial charge is 0.497 e.